The van der Waals surface area contributed by atoms with Gasteiger partial charge in [-0.05, 0) is 49.2 Å². The third-order valence-electron chi connectivity index (χ3n) is 4.94. The molecule has 27 heavy (non-hydrogen) atoms. The summed E-state index contributed by atoms with van der Waals surface area (Å²) in [4.78, 5) is 0. The molecule has 0 aliphatic heterocycles. The Labute approximate surface area is 157 Å². The Kier molecular flexibility index (Phi) is 4.46. The van der Waals surface area contributed by atoms with Gasteiger partial charge in [-0.15, -0.1) is 0 Å². The van der Waals surface area contributed by atoms with Crippen LogP contribution in [0.4, 0.5) is 0 Å². The highest BCUT2D eigenvalue weighted by molar-refractivity contribution is 6.00. The van der Waals surface area contributed by atoms with Crippen LogP contribution in [0.5, 0.6) is 5.75 Å². The van der Waals surface area contributed by atoms with E-state index in [2.05, 4.69) is 34.1 Å². The van der Waals surface area contributed by atoms with Crippen molar-refractivity contribution in [3.63, 3.8) is 0 Å². The van der Waals surface area contributed by atoms with Gasteiger partial charge in [-0.3, -0.25) is 0 Å². The molecule has 0 saturated carbocycles. The first-order chi connectivity index (χ1) is 13.1. The molecule has 4 rings (SSSR count). The second-order valence-corrected chi connectivity index (χ2v) is 6.67. The van der Waals surface area contributed by atoms with Crippen LogP contribution in [0.1, 0.15) is 11.5 Å². The Morgan fingerprint density at radius 3 is 2.63 bits per heavy atom. The zero-order chi connectivity index (χ0) is 19.0. The molecular weight excluding hydrogens is 340 g/mol. The first kappa shape index (κ1) is 17.4. The smallest absolute Gasteiger partial charge is 0.141 e. The molecule has 138 valence electrons. The lowest BCUT2D eigenvalue weighted by atomic mass is 9.94. The van der Waals surface area contributed by atoms with Gasteiger partial charge in [0.15, 0.2) is 0 Å². The molecule has 0 aliphatic carbocycles. The number of benzene rings is 2. The molecule has 0 radical (unpaired) electrons. The van der Waals surface area contributed by atoms with E-state index in [0.717, 1.165) is 51.2 Å². The maximum Gasteiger partial charge on any atom is 0.141 e. The summed E-state index contributed by atoms with van der Waals surface area (Å²) in [5.41, 5.74) is 5.74. The number of methoxy groups -OCH3 is 1. The van der Waals surface area contributed by atoms with E-state index >= 15 is 0 Å². The lowest BCUT2D eigenvalue weighted by molar-refractivity contribution is 0.188. The van der Waals surface area contributed by atoms with Crippen LogP contribution < -0.4 is 0 Å². The number of hydrogen-bond acceptors (Lipinski definition) is 4. The molecule has 2 aromatic heterocycles. The van der Waals surface area contributed by atoms with Crippen molar-refractivity contribution < 1.29 is 14.4 Å². The molecule has 5 nitrogen and oxygen atoms in total. The molecule has 0 saturated heterocycles. The molecule has 5 heteroatoms. The highest BCUT2D eigenvalue weighted by Crippen LogP contribution is 2.39. The summed E-state index contributed by atoms with van der Waals surface area (Å²) in [6.07, 6.45) is 2.06. The standard InChI is InChI=1S/C22H22N2O3/c1-14-22(15(2)27-23-14)16-12-19(18-6-4-5-7-21(18)25)17-8-9-24(10-11-26-3)20(17)13-16/h4-9,12-13,25H,10-11H2,1-3H3. The summed E-state index contributed by atoms with van der Waals surface area (Å²) < 4.78 is 12.8. The monoisotopic (exact) mass is 362 g/mol. The molecule has 0 atom stereocenters. The molecule has 0 unspecified atom stereocenters. The summed E-state index contributed by atoms with van der Waals surface area (Å²) in [5, 5.41) is 15.6. The summed E-state index contributed by atoms with van der Waals surface area (Å²) in [6.45, 7) is 5.25. The van der Waals surface area contributed by atoms with Crippen LogP contribution in [-0.4, -0.2) is 28.5 Å². The van der Waals surface area contributed by atoms with Crippen LogP contribution in [0.25, 0.3) is 33.2 Å². The first-order valence-corrected chi connectivity index (χ1v) is 8.93. The second-order valence-electron chi connectivity index (χ2n) is 6.67. The molecule has 0 fully saturated rings. The predicted molar refractivity (Wildman–Crippen MR) is 106 cm³/mol. The lowest BCUT2D eigenvalue weighted by Gasteiger charge is -2.12. The van der Waals surface area contributed by atoms with Crippen LogP contribution in [0.2, 0.25) is 0 Å². The van der Waals surface area contributed by atoms with E-state index in [-0.39, 0.29) is 5.75 Å². The summed E-state index contributed by atoms with van der Waals surface area (Å²) in [6, 6.07) is 13.8. The van der Waals surface area contributed by atoms with Gasteiger partial charge >= 0.3 is 0 Å². The fourth-order valence-corrected chi connectivity index (χ4v) is 3.64. The largest absolute Gasteiger partial charge is 0.507 e. The van der Waals surface area contributed by atoms with Gasteiger partial charge in [-0.25, -0.2) is 0 Å². The van der Waals surface area contributed by atoms with Crippen molar-refractivity contribution >= 4 is 10.9 Å². The van der Waals surface area contributed by atoms with Gasteiger partial charge in [0.25, 0.3) is 0 Å². The van der Waals surface area contributed by atoms with Crippen LogP contribution in [0.15, 0.2) is 53.2 Å². The minimum atomic E-state index is 0.263. The van der Waals surface area contributed by atoms with Gasteiger partial charge in [0.1, 0.15) is 11.5 Å². The molecule has 0 aliphatic rings. The number of rotatable bonds is 5. The Balaban J connectivity index is 2.01. The van der Waals surface area contributed by atoms with E-state index < -0.39 is 0 Å². The predicted octanol–water partition coefficient (Wildman–Crippen LogP) is 4.93. The Hall–Kier alpha value is -3.05. The number of aryl methyl sites for hydroxylation is 2. The maximum absolute atomic E-state index is 10.4. The molecule has 2 aromatic carbocycles. The number of aromatic nitrogens is 2. The van der Waals surface area contributed by atoms with E-state index in [1.165, 1.54) is 0 Å². The molecule has 4 aromatic rings. The average molecular weight is 362 g/mol. The number of nitrogens with zero attached hydrogens (tertiary/aromatic N) is 2. The Morgan fingerprint density at radius 1 is 1.11 bits per heavy atom. The van der Waals surface area contributed by atoms with Gasteiger partial charge in [0.2, 0.25) is 0 Å². The van der Waals surface area contributed by atoms with E-state index in [4.69, 9.17) is 9.26 Å². The summed E-state index contributed by atoms with van der Waals surface area (Å²) in [7, 11) is 1.70. The highest BCUT2D eigenvalue weighted by atomic mass is 16.5. The number of phenolic OH excluding ortho intramolecular Hbond substituents is 1. The van der Waals surface area contributed by atoms with Gasteiger partial charge in [-0.1, -0.05) is 23.4 Å². The van der Waals surface area contributed by atoms with Crippen molar-refractivity contribution in [3.8, 4) is 28.0 Å². The van der Waals surface area contributed by atoms with Crippen molar-refractivity contribution in [2.45, 2.75) is 20.4 Å². The minimum Gasteiger partial charge on any atom is -0.507 e. The van der Waals surface area contributed by atoms with Crippen LogP contribution >= 0.6 is 0 Å². The van der Waals surface area contributed by atoms with Crippen molar-refractivity contribution in [2.75, 3.05) is 13.7 Å². The van der Waals surface area contributed by atoms with E-state index in [1.807, 2.05) is 32.0 Å². The SMILES string of the molecule is COCCn1ccc2c(-c3ccccc3O)cc(-c3c(C)noc3C)cc21. The van der Waals surface area contributed by atoms with Gasteiger partial charge in [-0.2, -0.15) is 0 Å². The average Bonchev–Trinajstić information content (AvgIpc) is 3.22. The summed E-state index contributed by atoms with van der Waals surface area (Å²) >= 11 is 0. The van der Waals surface area contributed by atoms with Gasteiger partial charge < -0.3 is 18.9 Å². The quantitative estimate of drug-likeness (QED) is 0.547. The maximum atomic E-state index is 10.4. The third kappa shape index (κ3) is 3.00. The number of ether oxygens (including phenoxy) is 1. The molecule has 0 bridgehead atoms. The molecule has 2 heterocycles. The fraction of sp³-hybridized carbons (Fsp3) is 0.227. The van der Waals surface area contributed by atoms with Gasteiger partial charge in [0, 0.05) is 41.9 Å². The van der Waals surface area contributed by atoms with Crippen LogP contribution in [-0.2, 0) is 11.3 Å². The molecule has 0 spiro atoms. The Morgan fingerprint density at radius 2 is 1.93 bits per heavy atom. The van der Waals surface area contributed by atoms with Crippen LogP contribution in [0.3, 0.4) is 0 Å². The van der Waals surface area contributed by atoms with E-state index in [1.54, 1.807) is 13.2 Å². The van der Waals surface area contributed by atoms with Crippen molar-refractivity contribution in [1.29, 1.82) is 0 Å². The van der Waals surface area contributed by atoms with E-state index in [9.17, 15) is 5.11 Å². The number of para-hydroxylation sites is 1. The first-order valence-electron chi connectivity index (χ1n) is 8.93. The number of hydrogen-bond donors (Lipinski definition) is 1. The van der Waals surface area contributed by atoms with Gasteiger partial charge in [0.05, 0.1) is 12.3 Å². The Bertz CT molecular complexity index is 1090. The highest BCUT2D eigenvalue weighted by Gasteiger charge is 2.17. The van der Waals surface area contributed by atoms with E-state index in [0.29, 0.717) is 6.61 Å². The van der Waals surface area contributed by atoms with Crippen LogP contribution in [0, 0.1) is 13.8 Å². The number of aromatic hydroxyl groups is 1. The third-order valence-corrected chi connectivity index (χ3v) is 4.94. The topological polar surface area (TPSA) is 60.4 Å². The minimum absolute atomic E-state index is 0.263. The lowest BCUT2D eigenvalue weighted by Crippen LogP contribution is -2.02. The number of phenols is 1. The number of fused-ring (bicyclic) bond motifs is 1. The normalized spacial score (nSPS) is 11.4. The fourth-order valence-electron chi connectivity index (χ4n) is 3.64. The second kappa shape index (κ2) is 6.93. The zero-order valence-electron chi connectivity index (χ0n) is 15.7. The van der Waals surface area contributed by atoms with Crippen molar-refractivity contribution in [1.82, 2.24) is 9.72 Å². The molecular formula is C22H22N2O3. The molecule has 1 N–H and O–H groups in total. The van der Waals surface area contributed by atoms with Crippen molar-refractivity contribution in [3.05, 3.63) is 60.1 Å². The van der Waals surface area contributed by atoms with Crippen molar-refractivity contribution in [2.24, 2.45) is 0 Å². The molecule has 0 amide bonds. The zero-order valence-corrected chi connectivity index (χ0v) is 15.7. The summed E-state index contributed by atoms with van der Waals surface area (Å²) in [5.74, 6) is 1.05.